The van der Waals surface area contributed by atoms with E-state index >= 15 is 0 Å². The summed E-state index contributed by atoms with van der Waals surface area (Å²) in [5.74, 6) is -0.266. The minimum Gasteiger partial charge on any atom is -0.334 e. The molecule has 0 spiro atoms. The van der Waals surface area contributed by atoms with Gasteiger partial charge in [0.25, 0.3) is 5.91 Å². The highest BCUT2D eigenvalue weighted by Crippen LogP contribution is 2.30. The van der Waals surface area contributed by atoms with Crippen LogP contribution in [-0.4, -0.2) is 22.0 Å². The molecule has 0 aliphatic heterocycles. The number of carbonyl (C=O) groups excluding carboxylic acids is 2. The molecule has 1 aliphatic rings. The lowest BCUT2D eigenvalue weighted by atomic mass is 9.97. The van der Waals surface area contributed by atoms with Crippen molar-refractivity contribution in [1.29, 1.82) is 0 Å². The van der Waals surface area contributed by atoms with E-state index in [9.17, 15) is 9.59 Å². The average Bonchev–Trinajstić information content (AvgIpc) is 3.24. The Bertz CT molecular complexity index is 804. The van der Waals surface area contributed by atoms with E-state index in [4.69, 9.17) is 0 Å². The number of rotatable bonds is 4. The van der Waals surface area contributed by atoms with Crippen LogP contribution in [0.5, 0.6) is 0 Å². The first-order valence-corrected chi connectivity index (χ1v) is 9.26. The summed E-state index contributed by atoms with van der Waals surface area (Å²) in [6, 6.07) is 9.35. The molecule has 132 valence electrons. The molecule has 2 N–H and O–H groups in total. The molecule has 1 fully saturated rings. The van der Waals surface area contributed by atoms with Gasteiger partial charge in [-0.3, -0.25) is 4.79 Å². The van der Waals surface area contributed by atoms with Gasteiger partial charge in [-0.2, -0.15) is 4.99 Å². The van der Waals surface area contributed by atoms with Crippen LogP contribution < -0.4 is 15.4 Å². The lowest BCUT2D eigenvalue weighted by Crippen LogP contribution is -2.55. The second kappa shape index (κ2) is 7.65. The number of aryl methyl sites for hydroxylation is 1. The number of thiazole rings is 1. The predicted octanol–water partition coefficient (Wildman–Crippen LogP) is 2.33. The highest BCUT2D eigenvalue weighted by Gasteiger charge is 2.42. The monoisotopic (exact) mass is 358 g/mol. The average molecular weight is 358 g/mol. The molecular weight excluding hydrogens is 336 g/mol. The Morgan fingerprint density at radius 1 is 1.24 bits per heavy atom. The molecule has 1 heterocycles. The second-order valence-electron chi connectivity index (χ2n) is 6.30. The van der Waals surface area contributed by atoms with Crippen molar-refractivity contribution in [3.8, 4) is 0 Å². The van der Waals surface area contributed by atoms with Gasteiger partial charge in [-0.25, -0.2) is 4.79 Å². The number of hydrogen-bond acceptors (Lipinski definition) is 3. The van der Waals surface area contributed by atoms with E-state index in [1.165, 1.54) is 11.3 Å². The number of nitrogens with one attached hydrogen (secondary N) is 2. The van der Waals surface area contributed by atoms with E-state index < -0.39 is 5.54 Å². The Hall–Kier alpha value is -2.41. The molecule has 1 aliphatic carbocycles. The van der Waals surface area contributed by atoms with Crippen LogP contribution in [0.1, 0.15) is 31.2 Å². The smallest absolute Gasteiger partial charge is 0.315 e. The number of nitrogens with zero attached hydrogens (tertiary/aromatic N) is 2. The van der Waals surface area contributed by atoms with Gasteiger partial charge in [-0.05, 0) is 18.4 Å². The minimum absolute atomic E-state index is 0.266. The lowest BCUT2D eigenvalue weighted by Gasteiger charge is -2.26. The van der Waals surface area contributed by atoms with Crippen LogP contribution >= 0.6 is 11.3 Å². The highest BCUT2D eigenvalue weighted by atomic mass is 32.1. The van der Waals surface area contributed by atoms with Gasteiger partial charge in [0.05, 0.1) is 0 Å². The molecule has 1 saturated carbocycles. The molecule has 3 rings (SSSR count). The van der Waals surface area contributed by atoms with Gasteiger partial charge in [0.2, 0.25) is 0 Å². The topological polar surface area (TPSA) is 75.5 Å². The van der Waals surface area contributed by atoms with Crippen molar-refractivity contribution in [3.05, 3.63) is 52.3 Å². The van der Waals surface area contributed by atoms with Crippen LogP contribution in [0.15, 0.2) is 46.9 Å². The molecule has 1 aromatic heterocycles. The zero-order valence-corrected chi connectivity index (χ0v) is 15.0. The summed E-state index contributed by atoms with van der Waals surface area (Å²) in [5.41, 5.74) is 0.123. The zero-order valence-electron chi connectivity index (χ0n) is 14.2. The van der Waals surface area contributed by atoms with Crippen molar-refractivity contribution in [2.45, 2.75) is 37.8 Å². The maximum atomic E-state index is 12.8. The van der Waals surface area contributed by atoms with E-state index in [2.05, 4.69) is 15.6 Å². The van der Waals surface area contributed by atoms with E-state index in [1.54, 1.807) is 4.57 Å². The summed E-state index contributed by atoms with van der Waals surface area (Å²) in [6.07, 6.45) is 4.94. The number of carbonyl (C=O) groups is 2. The molecule has 0 atom stereocenters. The quantitative estimate of drug-likeness (QED) is 0.880. The Morgan fingerprint density at radius 3 is 2.60 bits per heavy atom. The fourth-order valence-corrected chi connectivity index (χ4v) is 3.77. The van der Waals surface area contributed by atoms with Gasteiger partial charge in [0.15, 0.2) is 4.80 Å². The van der Waals surface area contributed by atoms with Crippen molar-refractivity contribution in [2.75, 3.05) is 0 Å². The molecule has 0 radical (unpaired) electrons. The molecule has 0 unspecified atom stereocenters. The molecule has 2 aromatic rings. The van der Waals surface area contributed by atoms with Gasteiger partial charge in [0, 0.05) is 25.2 Å². The molecule has 3 amide bonds. The molecular formula is C18H22N4O2S. The van der Waals surface area contributed by atoms with Crippen molar-refractivity contribution in [1.82, 2.24) is 15.2 Å². The van der Waals surface area contributed by atoms with Crippen molar-refractivity contribution < 1.29 is 9.59 Å². The van der Waals surface area contributed by atoms with Crippen LogP contribution in [-0.2, 0) is 18.4 Å². The van der Waals surface area contributed by atoms with Crippen LogP contribution in [0.4, 0.5) is 4.79 Å². The van der Waals surface area contributed by atoms with Crippen LogP contribution in [0.25, 0.3) is 0 Å². The SMILES string of the molecule is Cn1ccsc1=NC(=O)C1(NC(=O)NCc2ccccc2)CCCC1. The van der Waals surface area contributed by atoms with Crippen LogP contribution in [0.3, 0.4) is 0 Å². The molecule has 0 bridgehead atoms. The molecule has 6 nitrogen and oxygen atoms in total. The first-order chi connectivity index (χ1) is 12.1. The number of benzene rings is 1. The Labute approximate surface area is 150 Å². The van der Waals surface area contributed by atoms with E-state index in [1.807, 2.05) is 49.0 Å². The van der Waals surface area contributed by atoms with E-state index in [-0.39, 0.29) is 11.9 Å². The van der Waals surface area contributed by atoms with Crippen LogP contribution in [0, 0.1) is 0 Å². The van der Waals surface area contributed by atoms with Crippen molar-refractivity contribution in [3.63, 3.8) is 0 Å². The minimum atomic E-state index is -0.891. The summed E-state index contributed by atoms with van der Waals surface area (Å²) in [5, 5.41) is 7.61. The number of aromatic nitrogens is 1. The predicted molar refractivity (Wildman–Crippen MR) is 96.9 cm³/mol. The van der Waals surface area contributed by atoms with E-state index in [0.717, 1.165) is 18.4 Å². The summed E-state index contributed by atoms with van der Waals surface area (Å²) in [4.78, 5) is 30.0. The Balaban J connectivity index is 1.69. The first-order valence-electron chi connectivity index (χ1n) is 8.38. The molecule has 1 aromatic carbocycles. The fraction of sp³-hybridized carbons (Fsp3) is 0.389. The van der Waals surface area contributed by atoms with Crippen molar-refractivity contribution in [2.24, 2.45) is 12.0 Å². The Morgan fingerprint density at radius 2 is 1.96 bits per heavy atom. The van der Waals surface area contributed by atoms with Gasteiger partial charge < -0.3 is 15.2 Å². The van der Waals surface area contributed by atoms with E-state index in [0.29, 0.717) is 24.2 Å². The summed E-state index contributed by atoms with van der Waals surface area (Å²) in [6.45, 7) is 0.425. The normalized spacial score (nSPS) is 16.6. The Kier molecular flexibility index (Phi) is 5.33. The third-order valence-electron chi connectivity index (χ3n) is 4.47. The molecule has 7 heteroatoms. The largest absolute Gasteiger partial charge is 0.334 e. The van der Waals surface area contributed by atoms with Gasteiger partial charge in [-0.15, -0.1) is 11.3 Å². The lowest BCUT2D eigenvalue weighted by molar-refractivity contribution is -0.123. The van der Waals surface area contributed by atoms with Crippen molar-refractivity contribution >= 4 is 23.3 Å². The maximum absolute atomic E-state index is 12.8. The fourth-order valence-electron chi connectivity index (χ4n) is 3.04. The summed E-state index contributed by atoms with van der Waals surface area (Å²) < 4.78 is 1.81. The van der Waals surface area contributed by atoms with Gasteiger partial charge in [0.1, 0.15) is 5.54 Å². The maximum Gasteiger partial charge on any atom is 0.315 e. The standard InChI is InChI=1S/C18H22N4O2S/c1-22-11-12-25-17(22)20-15(23)18(9-5-6-10-18)21-16(24)19-13-14-7-3-2-4-8-14/h2-4,7-8,11-12H,5-6,9-10,13H2,1H3,(H2,19,21,24). The zero-order chi connectivity index (χ0) is 17.7. The first kappa shape index (κ1) is 17.4. The van der Waals surface area contributed by atoms with Gasteiger partial charge in [-0.1, -0.05) is 43.2 Å². The number of urea groups is 1. The number of amides is 3. The third kappa shape index (κ3) is 4.17. The van der Waals surface area contributed by atoms with Crippen LogP contribution in [0.2, 0.25) is 0 Å². The summed E-state index contributed by atoms with van der Waals surface area (Å²) in [7, 11) is 1.85. The number of hydrogen-bond donors (Lipinski definition) is 2. The summed E-state index contributed by atoms with van der Waals surface area (Å²) >= 11 is 1.41. The second-order valence-corrected chi connectivity index (χ2v) is 7.17. The molecule has 25 heavy (non-hydrogen) atoms. The van der Waals surface area contributed by atoms with Gasteiger partial charge >= 0.3 is 6.03 Å². The molecule has 0 saturated heterocycles. The highest BCUT2D eigenvalue weighted by molar-refractivity contribution is 7.07. The third-order valence-corrected chi connectivity index (χ3v) is 5.32.